The Kier molecular flexibility index (Phi) is 3.99. The van der Waals surface area contributed by atoms with E-state index in [9.17, 15) is 18.3 Å². The molecule has 100 valence electrons. The second-order valence-corrected chi connectivity index (χ2v) is 4.83. The van der Waals surface area contributed by atoms with Gasteiger partial charge in [0.2, 0.25) is 0 Å². The van der Waals surface area contributed by atoms with Crippen LogP contribution in [-0.4, -0.2) is 5.11 Å². The highest BCUT2D eigenvalue weighted by Crippen LogP contribution is 2.24. The van der Waals surface area contributed by atoms with E-state index in [1.54, 1.807) is 0 Å². The summed E-state index contributed by atoms with van der Waals surface area (Å²) in [4.78, 5) is 0. The third-order valence-electron chi connectivity index (χ3n) is 2.42. The van der Waals surface area contributed by atoms with Crippen molar-refractivity contribution in [2.24, 2.45) is 0 Å². The van der Waals surface area contributed by atoms with E-state index in [0.717, 1.165) is 18.2 Å². The third kappa shape index (κ3) is 3.41. The van der Waals surface area contributed by atoms with E-state index in [2.05, 4.69) is 21.2 Å². The Balaban J connectivity index is 2.19. The smallest absolute Gasteiger partial charge is 0.150 e. The van der Waals surface area contributed by atoms with Crippen molar-refractivity contribution in [1.29, 1.82) is 0 Å². The number of hydrogen-bond acceptors (Lipinski definition) is 2. The molecule has 2 N–H and O–H groups in total. The molecular formula is C13H9BrF3NO. The van der Waals surface area contributed by atoms with Crippen LogP contribution in [0.2, 0.25) is 0 Å². The first kappa shape index (κ1) is 13.7. The summed E-state index contributed by atoms with van der Waals surface area (Å²) < 4.78 is 40.3. The molecule has 2 rings (SSSR count). The Hall–Kier alpha value is -1.69. The Bertz CT molecular complexity index is 576. The Morgan fingerprint density at radius 3 is 2.21 bits per heavy atom. The average molecular weight is 332 g/mol. The van der Waals surface area contributed by atoms with Gasteiger partial charge < -0.3 is 10.4 Å². The van der Waals surface area contributed by atoms with Crippen LogP contribution >= 0.6 is 15.9 Å². The van der Waals surface area contributed by atoms with Gasteiger partial charge in [-0.25, -0.2) is 13.2 Å². The minimum Gasteiger partial charge on any atom is -0.508 e. The predicted molar refractivity (Wildman–Crippen MR) is 69.4 cm³/mol. The number of halogens is 4. The third-order valence-corrected chi connectivity index (χ3v) is 2.88. The standard InChI is InChI=1S/C13H9BrF3NO/c14-8-3-11(16)13(12(17)4-8)18-6-7-1-9(15)5-10(19)2-7/h1-5,18-19H,6H2. The summed E-state index contributed by atoms with van der Waals surface area (Å²) in [7, 11) is 0. The number of benzene rings is 2. The second-order valence-electron chi connectivity index (χ2n) is 3.92. The number of phenolic OH excluding ortho intramolecular Hbond substituents is 1. The molecule has 0 aliphatic rings. The maximum absolute atomic E-state index is 13.5. The molecule has 0 amide bonds. The van der Waals surface area contributed by atoms with Gasteiger partial charge in [0.15, 0.2) is 0 Å². The van der Waals surface area contributed by atoms with Crippen molar-refractivity contribution in [3.05, 3.63) is 57.8 Å². The number of anilines is 1. The molecule has 0 bridgehead atoms. The first-order valence-corrected chi connectivity index (χ1v) is 6.12. The highest BCUT2D eigenvalue weighted by molar-refractivity contribution is 9.10. The zero-order valence-corrected chi connectivity index (χ0v) is 11.1. The summed E-state index contributed by atoms with van der Waals surface area (Å²) in [5.41, 5.74) is 0.0752. The van der Waals surface area contributed by atoms with Crippen molar-refractivity contribution < 1.29 is 18.3 Å². The first-order valence-electron chi connectivity index (χ1n) is 5.32. The fourth-order valence-electron chi connectivity index (χ4n) is 1.64. The zero-order valence-electron chi connectivity index (χ0n) is 9.55. The molecule has 0 saturated carbocycles. The van der Waals surface area contributed by atoms with Crippen molar-refractivity contribution in [3.8, 4) is 5.75 Å². The number of aromatic hydroxyl groups is 1. The number of hydrogen-bond donors (Lipinski definition) is 2. The van der Waals surface area contributed by atoms with Crippen LogP contribution in [0.4, 0.5) is 18.9 Å². The van der Waals surface area contributed by atoms with E-state index >= 15 is 0 Å². The molecule has 0 aromatic heterocycles. The van der Waals surface area contributed by atoms with Crippen LogP contribution in [0.15, 0.2) is 34.8 Å². The van der Waals surface area contributed by atoms with E-state index < -0.39 is 17.5 Å². The van der Waals surface area contributed by atoms with Crippen molar-refractivity contribution in [2.75, 3.05) is 5.32 Å². The van der Waals surface area contributed by atoms with Crippen LogP contribution in [0.5, 0.6) is 5.75 Å². The summed E-state index contributed by atoms with van der Waals surface area (Å²) in [5.74, 6) is -2.37. The topological polar surface area (TPSA) is 32.3 Å². The maximum atomic E-state index is 13.5. The Morgan fingerprint density at radius 2 is 1.63 bits per heavy atom. The summed E-state index contributed by atoms with van der Waals surface area (Å²) in [5, 5.41) is 11.7. The van der Waals surface area contributed by atoms with Gasteiger partial charge in [-0.05, 0) is 29.8 Å². The summed E-state index contributed by atoms with van der Waals surface area (Å²) in [6.07, 6.45) is 0. The molecule has 0 heterocycles. The molecular weight excluding hydrogens is 323 g/mol. The van der Waals surface area contributed by atoms with Gasteiger partial charge in [0.25, 0.3) is 0 Å². The largest absolute Gasteiger partial charge is 0.508 e. The molecule has 6 heteroatoms. The van der Waals surface area contributed by atoms with Crippen molar-refractivity contribution in [1.82, 2.24) is 0 Å². The lowest BCUT2D eigenvalue weighted by atomic mass is 10.2. The highest BCUT2D eigenvalue weighted by atomic mass is 79.9. The van der Waals surface area contributed by atoms with Crippen LogP contribution in [-0.2, 0) is 6.54 Å². The lowest BCUT2D eigenvalue weighted by Crippen LogP contribution is -2.04. The molecule has 0 unspecified atom stereocenters. The summed E-state index contributed by atoms with van der Waals surface area (Å²) >= 11 is 2.97. The molecule has 0 spiro atoms. The van der Waals surface area contributed by atoms with Gasteiger partial charge in [0, 0.05) is 17.1 Å². The van der Waals surface area contributed by atoms with Crippen LogP contribution in [0.25, 0.3) is 0 Å². The molecule has 2 aromatic carbocycles. The summed E-state index contributed by atoms with van der Waals surface area (Å²) in [6.45, 7) is -0.0131. The van der Waals surface area contributed by atoms with Crippen molar-refractivity contribution >= 4 is 21.6 Å². The second kappa shape index (κ2) is 5.52. The maximum Gasteiger partial charge on any atom is 0.150 e. The van der Waals surface area contributed by atoms with Gasteiger partial charge in [-0.2, -0.15) is 0 Å². The van der Waals surface area contributed by atoms with Crippen LogP contribution < -0.4 is 5.32 Å². The Morgan fingerprint density at radius 1 is 1.00 bits per heavy atom. The number of phenols is 1. The molecule has 0 atom stereocenters. The van der Waals surface area contributed by atoms with Gasteiger partial charge in [-0.15, -0.1) is 0 Å². The molecule has 0 aliphatic heterocycles. The van der Waals surface area contributed by atoms with Gasteiger partial charge in [0.05, 0.1) is 0 Å². The molecule has 2 aromatic rings. The lowest BCUT2D eigenvalue weighted by Gasteiger charge is -2.09. The quantitative estimate of drug-likeness (QED) is 0.884. The molecule has 0 aliphatic carbocycles. The SMILES string of the molecule is Oc1cc(F)cc(CNc2c(F)cc(Br)cc2F)c1. The van der Waals surface area contributed by atoms with E-state index in [0.29, 0.717) is 5.56 Å². The number of rotatable bonds is 3. The monoisotopic (exact) mass is 331 g/mol. The van der Waals surface area contributed by atoms with E-state index in [4.69, 9.17) is 0 Å². The minimum absolute atomic E-state index is 0.0131. The fraction of sp³-hybridized carbons (Fsp3) is 0.0769. The van der Waals surface area contributed by atoms with Crippen molar-refractivity contribution in [2.45, 2.75) is 6.54 Å². The lowest BCUT2D eigenvalue weighted by molar-refractivity contribution is 0.468. The molecule has 0 radical (unpaired) electrons. The first-order chi connectivity index (χ1) is 8.95. The highest BCUT2D eigenvalue weighted by Gasteiger charge is 2.10. The fourth-order valence-corrected chi connectivity index (χ4v) is 2.04. The van der Waals surface area contributed by atoms with Gasteiger partial charge in [0.1, 0.15) is 28.9 Å². The minimum atomic E-state index is -0.757. The van der Waals surface area contributed by atoms with Gasteiger partial charge >= 0.3 is 0 Å². The van der Waals surface area contributed by atoms with E-state index in [1.807, 2.05) is 0 Å². The molecule has 0 fully saturated rings. The number of nitrogens with one attached hydrogen (secondary N) is 1. The Labute approximate surface area is 116 Å². The van der Waals surface area contributed by atoms with E-state index in [1.165, 1.54) is 12.1 Å². The van der Waals surface area contributed by atoms with Crippen LogP contribution in [0.3, 0.4) is 0 Å². The van der Waals surface area contributed by atoms with Crippen LogP contribution in [0, 0.1) is 17.5 Å². The van der Waals surface area contributed by atoms with Crippen LogP contribution in [0.1, 0.15) is 5.56 Å². The van der Waals surface area contributed by atoms with E-state index in [-0.39, 0.29) is 22.5 Å². The zero-order chi connectivity index (χ0) is 14.0. The predicted octanol–water partition coefficient (Wildman–Crippen LogP) is 4.18. The molecule has 0 saturated heterocycles. The molecule has 2 nitrogen and oxygen atoms in total. The van der Waals surface area contributed by atoms with Crippen molar-refractivity contribution in [3.63, 3.8) is 0 Å². The van der Waals surface area contributed by atoms with Gasteiger partial charge in [-0.1, -0.05) is 15.9 Å². The summed E-state index contributed by atoms with van der Waals surface area (Å²) in [6, 6.07) is 5.67. The molecule has 19 heavy (non-hydrogen) atoms. The normalized spacial score (nSPS) is 10.5. The average Bonchev–Trinajstić information content (AvgIpc) is 2.25. The van der Waals surface area contributed by atoms with Gasteiger partial charge in [-0.3, -0.25) is 0 Å².